The van der Waals surface area contributed by atoms with Crippen LogP contribution in [0.25, 0.3) is 5.69 Å². The Morgan fingerprint density at radius 1 is 1.07 bits per heavy atom. The van der Waals surface area contributed by atoms with E-state index in [1.807, 2.05) is 24.1 Å². The summed E-state index contributed by atoms with van der Waals surface area (Å²) < 4.78 is 15.0. The molecule has 3 aromatic rings. The summed E-state index contributed by atoms with van der Waals surface area (Å²) in [5, 5.41) is 4.40. The van der Waals surface area contributed by atoms with E-state index in [1.54, 1.807) is 29.2 Å². The lowest BCUT2D eigenvalue weighted by Crippen LogP contribution is -2.48. The van der Waals surface area contributed by atoms with Crippen LogP contribution < -0.4 is 0 Å². The summed E-state index contributed by atoms with van der Waals surface area (Å²) in [7, 11) is 0. The van der Waals surface area contributed by atoms with Gasteiger partial charge in [0.15, 0.2) is 0 Å². The van der Waals surface area contributed by atoms with E-state index in [1.165, 1.54) is 17.7 Å². The molecule has 0 aliphatic carbocycles. The van der Waals surface area contributed by atoms with Crippen molar-refractivity contribution in [3.05, 3.63) is 77.6 Å². The topological polar surface area (TPSA) is 54.3 Å². The van der Waals surface area contributed by atoms with E-state index in [4.69, 9.17) is 0 Å². The average Bonchev–Trinajstić information content (AvgIpc) is 3.19. The molecule has 1 aliphatic rings. The first-order valence-corrected chi connectivity index (χ1v) is 9.89. The lowest BCUT2D eigenvalue weighted by atomic mass is 10.1. The SMILES string of the molecule is CCc1c(C(=O)N2CCN(Cc3cccnc3)CC2)cnn1-c1ccc(F)cc1. The van der Waals surface area contributed by atoms with Gasteiger partial charge < -0.3 is 4.90 Å². The van der Waals surface area contributed by atoms with Gasteiger partial charge in [-0.15, -0.1) is 0 Å². The van der Waals surface area contributed by atoms with Crippen molar-refractivity contribution in [2.75, 3.05) is 26.2 Å². The molecule has 0 atom stereocenters. The molecule has 6 nitrogen and oxygen atoms in total. The molecule has 29 heavy (non-hydrogen) atoms. The molecular formula is C22H24FN5O. The fourth-order valence-electron chi connectivity index (χ4n) is 3.73. The number of piperazine rings is 1. The third-order valence-electron chi connectivity index (χ3n) is 5.29. The Morgan fingerprint density at radius 2 is 1.83 bits per heavy atom. The Labute approximate surface area is 169 Å². The summed E-state index contributed by atoms with van der Waals surface area (Å²) in [5.41, 5.74) is 3.40. The lowest BCUT2D eigenvalue weighted by Gasteiger charge is -2.34. The van der Waals surface area contributed by atoms with Crippen molar-refractivity contribution in [3.63, 3.8) is 0 Å². The van der Waals surface area contributed by atoms with Crippen LogP contribution in [0.1, 0.15) is 28.5 Å². The number of rotatable bonds is 5. The molecule has 0 spiro atoms. The van der Waals surface area contributed by atoms with E-state index < -0.39 is 0 Å². The van der Waals surface area contributed by atoms with Crippen LogP contribution in [0, 0.1) is 5.82 Å². The lowest BCUT2D eigenvalue weighted by molar-refractivity contribution is 0.0627. The Balaban J connectivity index is 1.44. The van der Waals surface area contributed by atoms with Crippen molar-refractivity contribution < 1.29 is 9.18 Å². The van der Waals surface area contributed by atoms with E-state index in [0.29, 0.717) is 25.1 Å². The van der Waals surface area contributed by atoms with Crippen LogP contribution in [0.15, 0.2) is 55.0 Å². The minimum Gasteiger partial charge on any atom is -0.336 e. The number of pyridine rings is 1. The molecule has 0 unspecified atom stereocenters. The van der Waals surface area contributed by atoms with Gasteiger partial charge in [0.1, 0.15) is 5.82 Å². The van der Waals surface area contributed by atoms with Crippen LogP contribution in [0.2, 0.25) is 0 Å². The number of amides is 1. The van der Waals surface area contributed by atoms with Crippen molar-refractivity contribution in [1.29, 1.82) is 0 Å². The van der Waals surface area contributed by atoms with Crippen LogP contribution in [0.4, 0.5) is 4.39 Å². The molecule has 7 heteroatoms. The molecule has 2 aromatic heterocycles. The highest BCUT2D eigenvalue weighted by atomic mass is 19.1. The zero-order valence-electron chi connectivity index (χ0n) is 16.5. The van der Waals surface area contributed by atoms with Gasteiger partial charge in [0, 0.05) is 45.1 Å². The van der Waals surface area contributed by atoms with Crippen molar-refractivity contribution in [3.8, 4) is 5.69 Å². The van der Waals surface area contributed by atoms with Crippen LogP contribution >= 0.6 is 0 Å². The predicted octanol–water partition coefficient (Wildman–Crippen LogP) is 2.93. The first kappa shape index (κ1) is 19.3. The minimum atomic E-state index is -0.292. The number of benzene rings is 1. The molecule has 0 radical (unpaired) electrons. The second-order valence-corrected chi connectivity index (χ2v) is 7.18. The van der Waals surface area contributed by atoms with Gasteiger partial charge in [-0.05, 0) is 42.3 Å². The number of nitrogens with zero attached hydrogens (tertiary/aromatic N) is 5. The minimum absolute atomic E-state index is 0.0104. The highest BCUT2D eigenvalue weighted by Gasteiger charge is 2.26. The van der Waals surface area contributed by atoms with Gasteiger partial charge >= 0.3 is 0 Å². The maximum Gasteiger partial charge on any atom is 0.257 e. The summed E-state index contributed by atoms with van der Waals surface area (Å²) in [4.78, 5) is 21.5. The molecule has 1 aromatic carbocycles. The maximum absolute atomic E-state index is 13.2. The Morgan fingerprint density at radius 3 is 2.48 bits per heavy atom. The number of carbonyl (C=O) groups excluding carboxylic acids is 1. The molecule has 0 N–H and O–H groups in total. The Hall–Kier alpha value is -3.06. The molecule has 0 saturated carbocycles. The number of halogens is 1. The van der Waals surface area contributed by atoms with Gasteiger partial charge in [0.05, 0.1) is 23.1 Å². The second-order valence-electron chi connectivity index (χ2n) is 7.18. The largest absolute Gasteiger partial charge is 0.336 e. The third kappa shape index (κ3) is 4.19. The average molecular weight is 393 g/mol. The van der Waals surface area contributed by atoms with Crippen LogP contribution in [0.3, 0.4) is 0 Å². The predicted molar refractivity (Wildman–Crippen MR) is 108 cm³/mol. The summed E-state index contributed by atoms with van der Waals surface area (Å²) in [6.45, 7) is 5.87. The Bertz CT molecular complexity index is 963. The third-order valence-corrected chi connectivity index (χ3v) is 5.29. The molecule has 0 bridgehead atoms. The monoisotopic (exact) mass is 393 g/mol. The first-order valence-electron chi connectivity index (χ1n) is 9.89. The zero-order chi connectivity index (χ0) is 20.2. The number of hydrogen-bond donors (Lipinski definition) is 0. The van der Waals surface area contributed by atoms with Gasteiger partial charge in [0.2, 0.25) is 0 Å². The van der Waals surface area contributed by atoms with Crippen LogP contribution in [-0.4, -0.2) is 56.7 Å². The molecule has 1 saturated heterocycles. The number of aromatic nitrogens is 3. The van der Waals surface area contributed by atoms with Gasteiger partial charge in [-0.1, -0.05) is 13.0 Å². The zero-order valence-corrected chi connectivity index (χ0v) is 16.5. The summed E-state index contributed by atoms with van der Waals surface area (Å²) in [6.07, 6.45) is 5.96. The van der Waals surface area contributed by atoms with E-state index >= 15 is 0 Å². The standard InChI is InChI=1S/C22H24FN5O/c1-2-21-20(15-25-28(21)19-7-5-18(23)6-8-19)22(29)27-12-10-26(11-13-27)16-17-4-3-9-24-14-17/h3-9,14-15H,2,10-13,16H2,1H3. The van der Waals surface area contributed by atoms with E-state index in [9.17, 15) is 9.18 Å². The van der Waals surface area contributed by atoms with Crippen molar-refractivity contribution >= 4 is 5.91 Å². The van der Waals surface area contributed by atoms with Gasteiger partial charge in [-0.3, -0.25) is 14.7 Å². The number of hydrogen-bond acceptors (Lipinski definition) is 4. The van der Waals surface area contributed by atoms with Crippen molar-refractivity contribution in [2.24, 2.45) is 0 Å². The van der Waals surface area contributed by atoms with E-state index in [2.05, 4.69) is 21.0 Å². The smallest absolute Gasteiger partial charge is 0.257 e. The van der Waals surface area contributed by atoms with Gasteiger partial charge in [-0.2, -0.15) is 5.10 Å². The fourth-order valence-corrected chi connectivity index (χ4v) is 3.73. The molecule has 3 heterocycles. The van der Waals surface area contributed by atoms with Gasteiger partial charge in [0.25, 0.3) is 5.91 Å². The molecular weight excluding hydrogens is 369 g/mol. The fraction of sp³-hybridized carbons (Fsp3) is 0.318. The van der Waals surface area contributed by atoms with Crippen molar-refractivity contribution in [1.82, 2.24) is 24.6 Å². The number of carbonyl (C=O) groups is 1. The summed E-state index contributed by atoms with van der Waals surface area (Å²) >= 11 is 0. The quantitative estimate of drug-likeness (QED) is 0.669. The summed E-state index contributed by atoms with van der Waals surface area (Å²) in [5.74, 6) is -0.282. The van der Waals surface area contributed by atoms with Crippen LogP contribution in [0.5, 0.6) is 0 Å². The van der Waals surface area contributed by atoms with Crippen molar-refractivity contribution in [2.45, 2.75) is 19.9 Å². The van der Waals surface area contributed by atoms with Crippen LogP contribution in [-0.2, 0) is 13.0 Å². The van der Waals surface area contributed by atoms with E-state index in [-0.39, 0.29) is 11.7 Å². The highest BCUT2D eigenvalue weighted by molar-refractivity contribution is 5.95. The molecule has 1 amide bonds. The Kier molecular flexibility index (Phi) is 5.67. The second kappa shape index (κ2) is 8.53. The molecule has 1 fully saturated rings. The molecule has 150 valence electrons. The first-order chi connectivity index (χ1) is 14.2. The summed E-state index contributed by atoms with van der Waals surface area (Å²) in [6, 6.07) is 10.2. The molecule has 4 rings (SSSR count). The van der Waals surface area contributed by atoms with E-state index in [0.717, 1.165) is 31.0 Å². The molecule has 1 aliphatic heterocycles. The normalized spacial score (nSPS) is 14.9. The van der Waals surface area contributed by atoms with Gasteiger partial charge in [-0.25, -0.2) is 9.07 Å². The highest BCUT2D eigenvalue weighted by Crippen LogP contribution is 2.19. The maximum atomic E-state index is 13.2.